The molecule has 0 aromatic carbocycles. The topological polar surface area (TPSA) is 64.3 Å². The highest BCUT2D eigenvalue weighted by Gasteiger charge is 2.48. The van der Waals surface area contributed by atoms with Crippen molar-refractivity contribution in [3.63, 3.8) is 0 Å². The molecule has 4 heteroatoms. The third-order valence-electron chi connectivity index (χ3n) is 4.75. The van der Waals surface area contributed by atoms with Gasteiger partial charge in [0.25, 0.3) is 0 Å². The van der Waals surface area contributed by atoms with Crippen molar-refractivity contribution in [2.24, 2.45) is 22.5 Å². The van der Waals surface area contributed by atoms with Gasteiger partial charge >= 0.3 is 0 Å². The Morgan fingerprint density at radius 3 is 2.59 bits per heavy atom. The Bertz CT molecular complexity index is 313. The van der Waals surface area contributed by atoms with Crippen LogP contribution in [0.25, 0.3) is 0 Å². The van der Waals surface area contributed by atoms with Crippen molar-refractivity contribution in [2.75, 3.05) is 19.8 Å². The van der Waals surface area contributed by atoms with Crippen LogP contribution in [0, 0.1) is 16.7 Å². The molecule has 1 saturated carbocycles. The van der Waals surface area contributed by atoms with Crippen LogP contribution in [0.2, 0.25) is 0 Å². The average Bonchev–Trinajstić information content (AvgIpc) is 2.99. The first kappa shape index (κ1) is 12.8. The minimum absolute atomic E-state index is 0.0504. The van der Waals surface area contributed by atoms with E-state index < -0.39 is 5.41 Å². The monoisotopic (exact) mass is 240 g/mol. The molecular formula is C13H24N2O2. The quantitative estimate of drug-likeness (QED) is 0.767. The van der Waals surface area contributed by atoms with Gasteiger partial charge in [-0.3, -0.25) is 4.79 Å². The van der Waals surface area contributed by atoms with Crippen molar-refractivity contribution in [3.05, 3.63) is 0 Å². The smallest absolute Gasteiger partial charge is 0.229 e. The fraction of sp³-hybridized carbons (Fsp3) is 0.923. The normalized spacial score (nSPS) is 35.0. The lowest BCUT2D eigenvalue weighted by Crippen LogP contribution is -2.51. The van der Waals surface area contributed by atoms with Crippen LogP contribution < -0.4 is 11.1 Å². The summed E-state index contributed by atoms with van der Waals surface area (Å²) in [5.74, 6) is 0.679. The number of amides is 1. The second-order valence-corrected chi connectivity index (χ2v) is 6.24. The highest BCUT2D eigenvalue weighted by molar-refractivity contribution is 5.83. The number of nitrogens with two attached hydrogens (primary N) is 1. The van der Waals surface area contributed by atoms with Gasteiger partial charge in [-0.25, -0.2) is 0 Å². The van der Waals surface area contributed by atoms with Crippen molar-refractivity contribution in [2.45, 2.75) is 39.7 Å². The Morgan fingerprint density at radius 1 is 1.53 bits per heavy atom. The van der Waals surface area contributed by atoms with Gasteiger partial charge in [0.05, 0.1) is 18.6 Å². The second-order valence-electron chi connectivity index (χ2n) is 6.24. The Hall–Kier alpha value is -0.610. The van der Waals surface area contributed by atoms with Gasteiger partial charge in [0.1, 0.15) is 0 Å². The highest BCUT2D eigenvalue weighted by atomic mass is 16.5. The number of ether oxygens (including phenoxy) is 1. The van der Waals surface area contributed by atoms with Crippen molar-refractivity contribution in [1.29, 1.82) is 0 Å². The van der Waals surface area contributed by atoms with E-state index in [-0.39, 0.29) is 11.9 Å². The van der Waals surface area contributed by atoms with E-state index in [0.29, 0.717) is 24.5 Å². The molecule has 1 amide bonds. The van der Waals surface area contributed by atoms with Crippen LogP contribution in [-0.2, 0) is 9.53 Å². The van der Waals surface area contributed by atoms with Gasteiger partial charge in [0.15, 0.2) is 0 Å². The van der Waals surface area contributed by atoms with E-state index in [0.717, 1.165) is 6.54 Å². The Kier molecular flexibility index (Phi) is 3.21. The Labute approximate surface area is 103 Å². The van der Waals surface area contributed by atoms with Crippen LogP contribution >= 0.6 is 0 Å². The second kappa shape index (κ2) is 4.25. The molecular weight excluding hydrogens is 216 g/mol. The van der Waals surface area contributed by atoms with Gasteiger partial charge < -0.3 is 15.8 Å². The fourth-order valence-electron chi connectivity index (χ4n) is 2.50. The maximum Gasteiger partial charge on any atom is 0.229 e. The molecule has 3 N–H and O–H groups in total. The molecule has 2 fully saturated rings. The summed E-state index contributed by atoms with van der Waals surface area (Å²) in [5, 5.41) is 3.08. The van der Waals surface area contributed by atoms with Crippen LogP contribution in [0.1, 0.15) is 33.6 Å². The summed E-state index contributed by atoms with van der Waals surface area (Å²) in [6.45, 7) is 8.06. The van der Waals surface area contributed by atoms with Crippen LogP contribution in [0.3, 0.4) is 0 Å². The predicted octanol–water partition coefficient (Wildman–Crippen LogP) is 0.903. The summed E-state index contributed by atoms with van der Waals surface area (Å²) < 4.78 is 5.30. The number of carbonyl (C=O) groups is 1. The molecule has 0 spiro atoms. The van der Waals surface area contributed by atoms with Gasteiger partial charge in [-0.15, -0.1) is 0 Å². The first-order chi connectivity index (χ1) is 7.91. The number of nitrogens with one attached hydrogen (secondary N) is 1. The van der Waals surface area contributed by atoms with Crippen molar-refractivity contribution in [3.8, 4) is 0 Å². The maximum atomic E-state index is 12.2. The van der Waals surface area contributed by atoms with Gasteiger partial charge in [-0.05, 0) is 31.1 Å². The molecule has 98 valence electrons. The first-order valence-electron chi connectivity index (χ1n) is 6.52. The summed E-state index contributed by atoms with van der Waals surface area (Å²) in [6, 6.07) is -0.184. The highest BCUT2D eigenvalue weighted by Crippen LogP contribution is 2.51. The zero-order chi connectivity index (χ0) is 12.7. The van der Waals surface area contributed by atoms with Gasteiger partial charge in [-0.1, -0.05) is 13.8 Å². The lowest BCUT2D eigenvalue weighted by molar-refractivity contribution is -0.131. The van der Waals surface area contributed by atoms with E-state index in [1.165, 1.54) is 12.8 Å². The molecule has 1 aliphatic heterocycles. The molecule has 2 unspecified atom stereocenters. The minimum atomic E-state index is -0.549. The standard InChI is InChI=1S/C13H24N2O2/c1-9(2)13(4-5-13)7-15-11(16)12(3)8-17-6-10(12)14/h9-10H,4-8,14H2,1-3H3,(H,15,16). The van der Waals surface area contributed by atoms with E-state index in [4.69, 9.17) is 10.5 Å². The zero-order valence-corrected chi connectivity index (χ0v) is 11.1. The summed E-state index contributed by atoms with van der Waals surface area (Å²) in [7, 11) is 0. The van der Waals surface area contributed by atoms with Crippen LogP contribution in [0.5, 0.6) is 0 Å². The summed E-state index contributed by atoms with van der Waals surface area (Å²) in [5.41, 5.74) is 5.74. The molecule has 0 radical (unpaired) electrons. The lowest BCUT2D eigenvalue weighted by Gasteiger charge is -2.28. The lowest BCUT2D eigenvalue weighted by atomic mass is 9.84. The van der Waals surface area contributed by atoms with Crippen LogP contribution in [0.4, 0.5) is 0 Å². The minimum Gasteiger partial charge on any atom is -0.379 e. The number of hydrogen-bond acceptors (Lipinski definition) is 3. The van der Waals surface area contributed by atoms with E-state index in [9.17, 15) is 4.79 Å². The van der Waals surface area contributed by atoms with E-state index in [2.05, 4.69) is 19.2 Å². The third kappa shape index (κ3) is 2.20. The summed E-state index contributed by atoms with van der Waals surface area (Å²) >= 11 is 0. The molecule has 1 saturated heterocycles. The van der Waals surface area contributed by atoms with Crippen molar-refractivity contribution >= 4 is 5.91 Å². The molecule has 0 aromatic rings. The fourth-order valence-corrected chi connectivity index (χ4v) is 2.50. The molecule has 2 atom stereocenters. The van der Waals surface area contributed by atoms with E-state index in [1.54, 1.807) is 0 Å². The van der Waals surface area contributed by atoms with Gasteiger partial charge in [0.2, 0.25) is 5.91 Å². The van der Waals surface area contributed by atoms with Crippen molar-refractivity contribution < 1.29 is 9.53 Å². The van der Waals surface area contributed by atoms with E-state index >= 15 is 0 Å². The van der Waals surface area contributed by atoms with Crippen molar-refractivity contribution in [1.82, 2.24) is 5.32 Å². The summed E-state index contributed by atoms with van der Waals surface area (Å²) in [6.07, 6.45) is 2.45. The molecule has 0 aromatic heterocycles. The predicted molar refractivity (Wildman–Crippen MR) is 66.4 cm³/mol. The molecule has 1 aliphatic carbocycles. The molecule has 17 heavy (non-hydrogen) atoms. The van der Waals surface area contributed by atoms with Crippen LogP contribution in [-0.4, -0.2) is 31.7 Å². The number of rotatable bonds is 4. The zero-order valence-electron chi connectivity index (χ0n) is 11.1. The SMILES string of the molecule is CC(C)C1(CNC(=O)C2(C)COCC2N)CC1. The third-order valence-corrected chi connectivity index (χ3v) is 4.75. The summed E-state index contributed by atoms with van der Waals surface area (Å²) in [4.78, 5) is 12.2. The maximum absolute atomic E-state index is 12.2. The number of carbonyl (C=O) groups excluding carboxylic acids is 1. The van der Waals surface area contributed by atoms with E-state index in [1.807, 2.05) is 6.92 Å². The average molecular weight is 240 g/mol. The Morgan fingerprint density at radius 2 is 2.18 bits per heavy atom. The van der Waals surface area contributed by atoms with Gasteiger partial charge in [0, 0.05) is 12.6 Å². The largest absolute Gasteiger partial charge is 0.379 e. The molecule has 2 rings (SSSR count). The van der Waals surface area contributed by atoms with Crippen LogP contribution in [0.15, 0.2) is 0 Å². The molecule has 2 aliphatic rings. The number of hydrogen-bond donors (Lipinski definition) is 2. The first-order valence-corrected chi connectivity index (χ1v) is 6.52. The van der Waals surface area contributed by atoms with Gasteiger partial charge in [-0.2, -0.15) is 0 Å². The molecule has 0 bridgehead atoms. The Balaban J connectivity index is 1.90. The molecule has 1 heterocycles. The molecule has 4 nitrogen and oxygen atoms in total.